The van der Waals surface area contributed by atoms with Crippen LogP contribution in [0.3, 0.4) is 0 Å². The zero-order chi connectivity index (χ0) is 31.5. The third kappa shape index (κ3) is 4.78. The number of fused-ring (bicyclic) bond motifs is 3. The van der Waals surface area contributed by atoms with Crippen LogP contribution in [0.25, 0.3) is 11.0 Å². The molecule has 228 valence electrons. The number of nitrogens with zero attached hydrogens (tertiary/aromatic N) is 5. The fourth-order valence-corrected chi connectivity index (χ4v) is 6.66. The Balaban J connectivity index is 1.35. The van der Waals surface area contributed by atoms with Crippen LogP contribution in [0.15, 0.2) is 42.5 Å². The number of carboxylic acid groups (broad SMARTS) is 1. The third-order valence-electron chi connectivity index (χ3n) is 9.10. The number of ether oxygens (including phenoxy) is 1. The molecule has 0 spiro atoms. The zero-order valence-electron chi connectivity index (χ0n) is 26.0. The molecule has 4 aromatic rings. The number of hydrogen-bond acceptors (Lipinski definition) is 6. The second-order valence-electron chi connectivity index (χ2n) is 12.3. The Bertz CT molecular complexity index is 1840. The average Bonchev–Trinajstić information content (AvgIpc) is 3.38. The van der Waals surface area contributed by atoms with Crippen molar-refractivity contribution in [3.63, 3.8) is 0 Å². The van der Waals surface area contributed by atoms with E-state index < -0.39 is 17.5 Å². The van der Waals surface area contributed by atoms with Gasteiger partial charge < -0.3 is 19.6 Å². The summed E-state index contributed by atoms with van der Waals surface area (Å²) in [6.07, 6.45) is 1.29. The SMILES string of the molecule is CCc1ccc(C(=O)N2CCc3ccc(C(CC(=O)O)c4ccc5c(nnn5C)c4C)cc3C2)c2c1OC(C)(C)C(=O)N2C. The number of benzene rings is 3. The molecule has 0 saturated heterocycles. The second kappa shape index (κ2) is 10.8. The van der Waals surface area contributed by atoms with Crippen LogP contribution >= 0.6 is 0 Å². The number of aryl methyl sites for hydroxylation is 3. The number of carbonyl (C=O) groups is 3. The molecule has 6 rings (SSSR count). The molecule has 2 amide bonds. The summed E-state index contributed by atoms with van der Waals surface area (Å²) in [6.45, 7) is 8.36. The van der Waals surface area contributed by atoms with Crippen LogP contribution in [-0.4, -0.2) is 62.0 Å². The van der Waals surface area contributed by atoms with Crippen LogP contribution in [0.1, 0.15) is 76.8 Å². The van der Waals surface area contributed by atoms with Gasteiger partial charge in [-0.3, -0.25) is 14.4 Å². The van der Waals surface area contributed by atoms with Gasteiger partial charge in [0.15, 0.2) is 5.60 Å². The van der Waals surface area contributed by atoms with Gasteiger partial charge in [-0.2, -0.15) is 0 Å². The molecule has 10 heteroatoms. The van der Waals surface area contributed by atoms with Gasteiger partial charge in [0.25, 0.3) is 11.8 Å². The number of aliphatic carboxylic acids is 1. The molecular formula is C34H37N5O5. The maximum absolute atomic E-state index is 14.1. The average molecular weight is 596 g/mol. The van der Waals surface area contributed by atoms with Crippen LogP contribution in [0.4, 0.5) is 5.69 Å². The van der Waals surface area contributed by atoms with E-state index in [1.165, 1.54) is 0 Å². The van der Waals surface area contributed by atoms with E-state index in [-0.39, 0.29) is 18.2 Å². The molecule has 2 aliphatic heterocycles. The molecule has 1 aromatic heterocycles. The number of rotatable bonds is 6. The topological polar surface area (TPSA) is 118 Å². The largest absolute Gasteiger partial charge is 0.481 e. The standard InChI is InChI=1S/C34H37N5O5/c1-7-20-10-11-25(30-31(20)44-34(3,4)33(43)37(30)5)32(42)39-15-14-21-8-9-22(16-23(21)18-39)26(17-28(40)41)24-12-13-27-29(19(24)2)35-36-38(27)6/h8-13,16,26H,7,14-15,17-18H2,1-6H3,(H,40,41). The molecule has 0 aliphatic carbocycles. The number of aromatic nitrogens is 3. The molecule has 2 aliphatic rings. The van der Waals surface area contributed by atoms with Gasteiger partial charge in [-0.1, -0.05) is 42.5 Å². The lowest BCUT2D eigenvalue weighted by atomic mass is 9.83. The van der Waals surface area contributed by atoms with E-state index in [4.69, 9.17) is 4.74 Å². The normalized spacial score (nSPS) is 16.4. The molecule has 44 heavy (non-hydrogen) atoms. The smallest absolute Gasteiger partial charge is 0.304 e. The fourth-order valence-electron chi connectivity index (χ4n) is 6.66. The first-order chi connectivity index (χ1) is 20.9. The first kappa shape index (κ1) is 29.3. The first-order valence-corrected chi connectivity index (χ1v) is 15.0. The molecule has 1 N–H and O–H groups in total. The minimum Gasteiger partial charge on any atom is -0.481 e. The maximum Gasteiger partial charge on any atom is 0.304 e. The summed E-state index contributed by atoms with van der Waals surface area (Å²) in [6, 6.07) is 13.7. The highest BCUT2D eigenvalue weighted by atomic mass is 16.5. The lowest BCUT2D eigenvalue weighted by molar-refractivity contribution is -0.137. The van der Waals surface area contributed by atoms with Crippen LogP contribution in [0.5, 0.6) is 5.75 Å². The Morgan fingerprint density at radius 2 is 1.86 bits per heavy atom. The number of carbonyl (C=O) groups excluding carboxylic acids is 2. The van der Waals surface area contributed by atoms with Gasteiger partial charge in [0.2, 0.25) is 0 Å². The Labute approximate surface area is 256 Å². The van der Waals surface area contributed by atoms with E-state index in [0.29, 0.717) is 42.9 Å². The highest BCUT2D eigenvalue weighted by Crippen LogP contribution is 2.43. The zero-order valence-corrected chi connectivity index (χ0v) is 26.0. The third-order valence-corrected chi connectivity index (χ3v) is 9.10. The van der Waals surface area contributed by atoms with Gasteiger partial charge in [-0.05, 0) is 79.1 Å². The predicted molar refractivity (Wildman–Crippen MR) is 166 cm³/mol. The number of amides is 2. The minimum atomic E-state index is -1.03. The van der Waals surface area contributed by atoms with Gasteiger partial charge in [0.05, 0.1) is 23.2 Å². The summed E-state index contributed by atoms with van der Waals surface area (Å²) in [4.78, 5) is 42.6. The van der Waals surface area contributed by atoms with Crippen molar-refractivity contribution in [1.82, 2.24) is 19.9 Å². The minimum absolute atomic E-state index is 0.0827. The van der Waals surface area contributed by atoms with Crippen molar-refractivity contribution >= 4 is 34.5 Å². The highest BCUT2D eigenvalue weighted by molar-refractivity contribution is 6.10. The molecule has 3 heterocycles. The second-order valence-corrected chi connectivity index (χ2v) is 12.3. The Kier molecular flexibility index (Phi) is 7.18. The summed E-state index contributed by atoms with van der Waals surface area (Å²) >= 11 is 0. The summed E-state index contributed by atoms with van der Waals surface area (Å²) in [7, 11) is 3.53. The van der Waals surface area contributed by atoms with Gasteiger partial charge in [-0.25, -0.2) is 4.68 Å². The Morgan fingerprint density at radius 3 is 2.59 bits per heavy atom. The molecule has 3 aromatic carbocycles. The monoisotopic (exact) mass is 595 g/mol. The van der Waals surface area contributed by atoms with Crippen LogP contribution in [-0.2, 0) is 36.0 Å². The number of anilines is 1. The summed E-state index contributed by atoms with van der Waals surface area (Å²) < 4.78 is 7.90. The molecule has 1 atom stereocenters. The number of likely N-dealkylation sites (N-methyl/N-ethyl adjacent to an activating group) is 1. The van der Waals surface area contributed by atoms with Gasteiger partial charge >= 0.3 is 5.97 Å². The maximum atomic E-state index is 14.1. The van der Waals surface area contributed by atoms with Crippen molar-refractivity contribution in [1.29, 1.82) is 0 Å². The van der Waals surface area contributed by atoms with E-state index in [1.807, 2.05) is 51.2 Å². The molecule has 0 saturated carbocycles. The molecule has 0 fully saturated rings. The van der Waals surface area contributed by atoms with Crippen molar-refractivity contribution in [2.24, 2.45) is 7.05 Å². The lowest BCUT2D eigenvalue weighted by Crippen LogP contribution is -2.52. The van der Waals surface area contributed by atoms with Crippen molar-refractivity contribution in [3.05, 3.63) is 81.4 Å². The van der Waals surface area contributed by atoms with Crippen LogP contribution in [0.2, 0.25) is 0 Å². The van der Waals surface area contributed by atoms with Crippen molar-refractivity contribution in [3.8, 4) is 5.75 Å². The van der Waals surface area contributed by atoms with Gasteiger partial charge in [-0.15, -0.1) is 5.10 Å². The van der Waals surface area contributed by atoms with E-state index in [2.05, 4.69) is 16.4 Å². The summed E-state index contributed by atoms with van der Waals surface area (Å²) in [5.74, 6) is -1.09. The highest BCUT2D eigenvalue weighted by Gasteiger charge is 2.42. The van der Waals surface area contributed by atoms with Crippen LogP contribution < -0.4 is 9.64 Å². The van der Waals surface area contributed by atoms with E-state index in [0.717, 1.165) is 44.4 Å². The Morgan fingerprint density at radius 1 is 1.09 bits per heavy atom. The van der Waals surface area contributed by atoms with Gasteiger partial charge in [0.1, 0.15) is 11.3 Å². The molecule has 1 unspecified atom stereocenters. The van der Waals surface area contributed by atoms with E-state index in [1.54, 1.807) is 41.4 Å². The van der Waals surface area contributed by atoms with E-state index in [9.17, 15) is 19.5 Å². The molecular weight excluding hydrogens is 558 g/mol. The number of hydrogen-bond donors (Lipinski definition) is 1. The van der Waals surface area contributed by atoms with Crippen molar-refractivity contribution in [2.45, 2.75) is 65.0 Å². The molecule has 0 radical (unpaired) electrons. The summed E-state index contributed by atoms with van der Waals surface area (Å²) in [5, 5.41) is 18.3. The predicted octanol–water partition coefficient (Wildman–Crippen LogP) is 4.78. The van der Waals surface area contributed by atoms with Crippen molar-refractivity contribution < 1.29 is 24.2 Å². The van der Waals surface area contributed by atoms with Crippen LogP contribution in [0, 0.1) is 6.92 Å². The fraction of sp³-hybridized carbons (Fsp3) is 0.382. The quantitative estimate of drug-likeness (QED) is 0.341. The Hall–Kier alpha value is -4.73. The summed E-state index contributed by atoms with van der Waals surface area (Å²) in [5.41, 5.74) is 7.27. The van der Waals surface area contributed by atoms with Crippen molar-refractivity contribution in [2.75, 3.05) is 18.5 Å². The lowest BCUT2D eigenvalue weighted by Gasteiger charge is -2.39. The molecule has 0 bridgehead atoms. The number of carboxylic acids is 1. The first-order valence-electron chi connectivity index (χ1n) is 15.0. The van der Waals surface area contributed by atoms with Gasteiger partial charge in [0, 0.05) is 33.1 Å². The molecule has 10 nitrogen and oxygen atoms in total. The van der Waals surface area contributed by atoms with E-state index >= 15 is 0 Å².